The normalized spacial score (nSPS) is 15.0. The lowest BCUT2D eigenvalue weighted by atomic mass is 10.1. The number of anilines is 1. The van der Waals surface area contributed by atoms with E-state index in [1.807, 2.05) is 24.3 Å². The van der Waals surface area contributed by atoms with Crippen molar-refractivity contribution in [3.8, 4) is 0 Å². The van der Waals surface area contributed by atoms with Gasteiger partial charge >= 0.3 is 0 Å². The molecule has 0 unspecified atom stereocenters. The quantitative estimate of drug-likeness (QED) is 0.781. The lowest BCUT2D eigenvalue weighted by Gasteiger charge is -2.34. The van der Waals surface area contributed by atoms with Crippen LogP contribution >= 0.6 is 0 Å². The van der Waals surface area contributed by atoms with E-state index in [1.54, 1.807) is 24.0 Å². The molecule has 1 saturated heterocycles. The number of halogens is 1. The van der Waals surface area contributed by atoms with Gasteiger partial charge in [0.25, 0.3) is 5.91 Å². The molecule has 1 N–H and O–H groups in total. The van der Waals surface area contributed by atoms with Gasteiger partial charge in [0, 0.05) is 31.7 Å². The van der Waals surface area contributed by atoms with Gasteiger partial charge in [-0.3, -0.25) is 4.79 Å². The maximum Gasteiger partial charge on any atom is 0.254 e. The standard InChI is InChI=1S/C19H19FN4O/c1-13-6-7-14(12-15(13)20)18(25)23-8-10-24(11-9-23)19-21-16-4-2-3-5-17(16)22-19/h2-7,12H,8-11H2,1H3,(H,21,22). The molecule has 2 heterocycles. The zero-order valence-corrected chi connectivity index (χ0v) is 14.0. The van der Waals surface area contributed by atoms with Gasteiger partial charge in [-0.15, -0.1) is 0 Å². The van der Waals surface area contributed by atoms with E-state index in [1.165, 1.54) is 6.07 Å². The van der Waals surface area contributed by atoms with Crippen molar-refractivity contribution in [2.24, 2.45) is 0 Å². The number of nitrogens with one attached hydrogen (secondary N) is 1. The fraction of sp³-hybridized carbons (Fsp3) is 0.263. The van der Waals surface area contributed by atoms with Crippen LogP contribution in [0.5, 0.6) is 0 Å². The Hall–Kier alpha value is -2.89. The summed E-state index contributed by atoms with van der Waals surface area (Å²) in [6, 6.07) is 12.6. The Morgan fingerprint density at radius 1 is 1.12 bits per heavy atom. The van der Waals surface area contributed by atoms with Gasteiger partial charge in [-0.05, 0) is 36.8 Å². The molecular formula is C19H19FN4O. The summed E-state index contributed by atoms with van der Waals surface area (Å²) in [7, 11) is 0. The van der Waals surface area contributed by atoms with Crippen molar-refractivity contribution in [3.05, 3.63) is 59.4 Å². The number of H-pyrrole nitrogens is 1. The number of nitrogens with zero attached hydrogens (tertiary/aromatic N) is 3. The van der Waals surface area contributed by atoms with Crippen molar-refractivity contribution in [3.63, 3.8) is 0 Å². The molecule has 1 fully saturated rings. The molecule has 1 aliphatic heterocycles. The molecule has 0 aliphatic carbocycles. The first-order valence-corrected chi connectivity index (χ1v) is 8.37. The van der Waals surface area contributed by atoms with Crippen LogP contribution in [0.4, 0.5) is 10.3 Å². The number of aryl methyl sites for hydroxylation is 1. The maximum atomic E-state index is 13.7. The summed E-state index contributed by atoms with van der Waals surface area (Å²) in [6.07, 6.45) is 0. The highest BCUT2D eigenvalue weighted by Crippen LogP contribution is 2.19. The van der Waals surface area contributed by atoms with Crippen LogP contribution in [-0.4, -0.2) is 47.0 Å². The molecule has 0 bridgehead atoms. The zero-order chi connectivity index (χ0) is 17.4. The Morgan fingerprint density at radius 3 is 2.60 bits per heavy atom. The fourth-order valence-electron chi connectivity index (χ4n) is 3.12. The van der Waals surface area contributed by atoms with Gasteiger partial charge in [-0.1, -0.05) is 18.2 Å². The Morgan fingerprint density at radius 2 is 1.88 bits per heavy atom. The number of aromatic nitrogens is 2. The minimum absolute atomic E-state index is 0.122. The van der Waals surface area contributed by atoms with Gasteiger partial charge in [0.15, 0.2) is 0 Å². The second-order valence-electron chi connectivity index (χ2n) is 6.32. The third kappa shape index (κ3) is 2.95. The van der Waals surface area contributed by atoms with E-state index in [9.17, 15) is 9.18 Å². The SMILES string of the molecule is Cc1ccc(C(=O)N2CCN(c3nc4ccccc4[nH]3)CC2)cc1F. The van der Waals surface area contributed by atoms with E-state index in [2.05, 4.69) is 14.9 Å². The number of amides is 1. The predicted octanol–water partition coefficient (Wildman–Crippen LogP) is 2.97. The first-order chi connectivity index (χ1) is 12.1. The van der Waals surface area contributed by atoms with Crippen LogP contribution in [0.2, 0.25) is 0 Å². The third-order valence-corrected chi connectivity index (χ3v) is 4.66. The van der Waals surface area contributed by atoms with Gasteiger partial charge < -0.3 is 14.8 Å². The first kappa shape index (κ1) is 15.6. The second-order valence-corrected chi connectivity index (χ2v) is 6.32. The number of benzene rings is 2. The number of para-hydroxylation sites is 2. The highest BCUT2D eigenvalue weighted by atomic mass is 19.1. The molecule has 25 heavy (non-hydrogen) atoms. The number of carbonyl (C=O) groups excluding carboxylic acids is 1. The van der Waals surface area contributed by atoms with Crippen LogP contribution < -0.4 is 4.90 Å². The van der Waals surface area contributed by atoms with Crippen molar-refractivity contribution >= 4 is 22.9 Å². The smallest absolute Gasteiger partial charge is 0.254 e. The average Bonchev–Trinajstić information content (AvgIpc) is 3.08. The number of hydrogen-bond acceptors (Lipinski definition) is 3. The van der Waals surface area contributed by atoms with Gasteiger partial charge in [-0.2, -0.15) is 0 Å². The molecule has 0 radical (unpaired) electrons. The Labute approximate surface area is 145 Å². The van der Waals surface area contributed by atoms with E-state index >= 15 is 0 Å². The number of hydrogen-bond donors (Lipinski definition) is 1. The molecule has 128 valence electrons. The molecule has 5 nitrogen and oxygen atoms in total. The molecule has 1 aromatic heterocycles. The number of piperazine rings is 1. The monoisotopic (exact) mass is 338 g/mol. The van der Waals surface area contributed by atoms with Gasteiger partial charge in [0.1, 0.15) is 5.82 Å². The maximum absolute atomic E-state index is 13.7. The molecule has 2 aromatic carbocycles. The Bertz CT molecular complexity index is 895. The van der Waals surface area contributed by atoms with E-state index < -0.39 is 0 Å². The number of fused-ring (bicyclic) bond motifs is 1. The Balaban J connectivity index is 1.45. The number of imidazole rings is 1. The zero-order valence-electron chi connectivity index (χ0n) is 14.0. The molecular weight excluding hydrogens is 319 g/mol. The van der Waals surface area contributed by atoms with Crippen molar-refractivity contribution < 1.29 is 9.18 Å². The molecule has 6 heteroatoms. The van der Waals surface area contributed by atoms with Crippen LogP contribution in [0.15, 0.2) is 42.5 Å². The number of aromatic amines is 1. The van der Waals surface area contributed by atoms with Crippen LogP contribution in [0.1, 0.15) is 15.9 Å². The molecule has 3 aromatic rings. The van der Waals surface area contributed by atoms with Crippen LogP contribution in [-0.2, 0) is 0 Å². The number of rotatable bonds is 2. The highest BCUT2D eigenvalue weighted by Gasteiger charge is 2.24. The minimum atomic E-state index is -0.341. The van der Waals surface area contributed by atoms with Crippen molar-refractivity contribution in [2.75, 3.05) is 31.1 Å². The number of carbonyl (C=O) groups is 1. The summed E-state index contributed by atoms with van der Waals surface area (Å²) < 4.78 is 13.7. The van der Waals surface area contributed by atoms with Crippen LogP contribution in [0.25, 0.3) is 11.0 Å². The first-order valence-electron chi connectivity index (χ1n) is 8.37. The minimum Gasteiger partial charge on any atom is -0.339 e. The highest BCUT2D eigenvalue weighted by molar-refractivity contribution is 5.94. The summed E-state index contributed by atoms with van der Waals surface area (Å²) in [4.78, 5) is 24.4. The topological polar surface area (TPSA) is 52.2 Å². The fourth-order valence-corrected chi connectivity index (χ4v) is 3.12. The lowest BCUT2D eigenvalue weighted by molar-refractivity contribution is 0.0746. The predicted molar refractivity (Wildman–Crippen MR) is 95.3 cm³/mol. The summed E-state index contributed by atoms with van der Waals surface area (Å²) in [5.74, 6) is 0.365. The summed E-state index contributed by atoms with van der Waals surface area (Å²) in [5, 5.41) is 0. The molecule has 0 spiro atoms. The van der Waals surface area contributed by atoms with E-state index in [0.29, 0.717) is 37.3 Å². The average molecular weight is 338 g/mol. The molecule has 0 saturated carbocycles. The molecule has 4 rings (SSSR count). The van der Waals surface area contributed by atoms with Crippen LogP contribution in [0.3, 0.4) is 0 Å². The largest absolute Gasteiger partial charge is 0.339 e. The summed E-state index contributed by atoms with van der Waals surface area (Å²) in [5.41, 5.74) is 2.89. The van der Waals surface area contributed by atoms with Gasteiger partial charge in [0.2, 0.25) is 5.95 Å². The van der Waals surface area contributed by atoms with Crippen LogP contribution in [0, 0.1) is 12.7 Å². The van der Waals surface area contributed by atoms with Crippen molar-refractivity contribution in [1.82, 2.24) is 14.9 Å². The van der Waals surface area contributed by atoms with Gasteiger partial charge in [-0.25, -0.2) is 9.37 Å². The summed E-state index contributed by atoms with van der Waals surface area (Å²) >= 11 is 0. The van der Waals surface area contributed by atoms with E-state index in [0.717, 1.165) is 17.0 Å². The van der Waals surface area contributed by atoms with Crippen molar-refractivity contribution in [1.29, 1.82) is 0 Å². The Kier molecular flexibility index (Phi) is 3.87. The van der Waals surface area contributed by atoms with E-state index in [-0.39, 0.29) is 11.7 Å². The molecule has 0 atom stereocenters. The lowest BCUT2D eigenvalue weighted by Crippen LogP contribution is -2.49. The van der Waals surface area contributed by atoms with Crippen molar-refractivity contribution in [2.45, 2.75) is 6.92 Å². The van der Waals surface area contributed by atoms with Gasteiger partial charge in [0.05, 0.1) is 11.0 Å². The molecule has 1 aliphatic rings. The van der Waals surface area contributed by atoms with E-state index in [4.69, 9.17) is 0 Å². The second kappa shape index (κ2) is 6.20. The molecule has 1 amide bonds. The summed E-state index contributed by atoms with van der Waals surface area (Å²) in [6.45, 7) is 4.26. The third-order valence-electron chi connectivity index (χ3n) is 4.66.